The molecule has 1 aliphatic carbocycles. The maximum Gasteiger partial charge on any atom is 0.142 e. The average Bonchev–Trinajstić information content (AvgIpc) is 2.39. The van der Waals surface area contributed by atoms with Crippen molar-refractivity contribution in [3.05, 3.63) is 29.6 Å². The van der Waals surface area contributed by atoms with Crippen LogP contribution in [0.3, 0.4) is 0 Å². The summed E-state index contributed by atoms with van der Waals surface area (Å²) in [7, 11) is 1.63. The van der Waals surface area contributed by atoms with Crippen molar-refractivity contribution in [2.45, 2.75) is 25.7 Å². The van der Waals surface area contributed by atoms with E-state index < -0.39 is 0 Å². The van der Waals surface area contributed by atoms with Gasteiger partial charge in [0.1, 0.15) is 17.9 Å². The lowest BCUT2D eigenvalue weighted by atomic mass is 9.71. The van der Waals surface area contributed by atoms with Crippen LogP contribution in [0.15, 0.2) is 18.5 Å². The summed E-state index contributed by atoms with van der Waals surface area (Å²) in [6, 6.07) is 3.86. The first-order valence-electron chi connectivity index (χ1n) is 6.52. The summed E-state index contributed by atoms with van der Waals surface area (Å²) in [4.78, 5) is 8.55. The second-order valence-corrected chi connectivity index (χ2v) is 5.75. The van der Waals surface area contributed by atoms with Crippen LogP contribution in [0.1, 0.15) is 25.0 Å². The van der Waals surface area contributed by atoms with E-state index in [1.165, 1.54) is 6.33 Å². The molecule has 0 spiro atoms. The molecule has 0 saturated heterocycles. The molecule has 1 aromatic heterocycles. The third kappa shape index (κ3) is 1.62. The molecule has 2 aromatic rings. The van der Waals surface area contributed by atoms with E-state index in [-0.39, 0.29) is 5.41 Å². The molecule has 20 heavy (non-hydrogen) atoms. The van der Waals surface area contributed by atoms with Crippen molar-refractivity contribution in [2.75, 3.05) is 18.6 Å². The minimum absolute atomic E-state index is 0.159. The van der Waals surface area contributed by atoms with Gasteiger partial charge < -0.3 is 16.2 Å². The SMILES string of the molecule is COc1ccc2c(c1N)CC(C)(C)c1c(N)ncnc1-2. The number of anilines is 2. The standard InChI is InChI=1S/C15H18N4O/c1-15(2)6-9-8(4-5-10(20-3)12(9)16)13-11(15)14(17)19-7-18-13/h4-5,7H,6,16H2,1-3H3,(H2,17,18,19). The Labute approximate surface area is 118 Å². The maximum atomic E-state index is 6.23. The van der Waals surface area contributed by atoms with E-state index in [1.807, 2.05) is 12.1 Å². The number of fused-ring (bicyclic) bond motifs is 3. The smallest absolute Gasteiger partial charge is 0.142 e. The van der Waals surface area contributed by atoms with Crippen LogP contribution < -0.4 is 16.2 Å². The van der Waals surface area contributed by atoms with Crippen LogP contribution in [0.2, 0.25) is 0 Å². The first-order valence-corrected chi connectivity index (χ1v) is 6.52. The van der Waals surface area contributed by atoms with Crippen LogP contribution in [0, 0.1) is 0 Å². The lowest BCUT2D eigenvalue weighted by molar-refractivity contribution is 0.415. The summed E-state index contributed by atoms with van der Waals surface area (Å²) in [6.07, 6.45) is 2.29. The van der Waals surface area contributed by atoms with Crippen LogP contribution in [0.5, 0.6) is 5.75 Å². The van der Waals surface area contributed by atoms with Gasteiger partial charge in [0.2, 0.25) is 0 Å². The Bertz CT molecular complexity index is 695. The van der Waals surface area contributed by atoms with E-state index in [1.54, 1.807) is 7.11 Å². The third-order valence-electron chi connectivity index (χ3n) is 3.96. The molecule has 4 N–H and O–H groups in total. The largest absolute Gasteiger partial charge is 0.495 e. The van der Waals surface area contributed by atoms with E-state index in [9.17, 15) is 0 Å². The Hall–Kier alpha value is -2.30. The van der Waals surface area contributed by atoms with Crippen LogP contribution in [0.4, 0.5) is 11.5 Å². The number of nitrogens with zero attached hydrogens (tertiary/aromatic N) is 2. The number of hydrogen-bond donors (Lipinski definition) is 2. The molecular formula is C15H18N4O. The molecule has 104 valence electrons. The fourth-order valence-electron chi connectivity index (χ4n) is 3.03. The van der Waals surface area contributed by atoms with Crippen molar-refractivity contribution in [1.29, 1.82) is 0 Å². The zero-order chi connectivity index (χ0) is 14.5. The third-order valence-corrected chi connectivity index (χ3v) is 3.96. The molecule has 0 amide bonds. The van der Waals surface area contributed by atoms with E-state index >= 15 is 0 Å². The average molecular weight is 270 g/mol. The normalized spacial score (nSPS) is 15.3. The lowest BCUT2D eigenvalue weighted by Gasteiger charge is -2.34. The van der Waals surface area contributed by atoms with Gasteiger partial charge >= 0.3 is 0 Å². The summed E-state index contributed by atoms with van der Waals surface area (Å²) in [6.45, 7) is 4.26. The summed E-state index contributed by atoms with van der Waals surface area (Å²) in [5.74, 6) is 1.24. The van der Waals surface area contributed by atoms with Crippen molar-refractivity contribution in [1.82, 2.24) is 9.97 Å². The molecule has 5 heteroatoms. The Morgan fingerprint density at radius 3 is 2.65 bits per heavy atom. The minimum Gasteiger partial charge on any atom is -0.495 e. The molecule has 0 saturated carbocycles. The molecule has 0 fully saturated rings. The number of rotatable bonds is 1. The number of aromatic nitrogens is 2. The molecule has 3 rings (SSSR count). The number of ether oxygens (including phenoxy) is 1. The topological polar surface area (TPSA) is 87.0 Å². The van der Waals surface area contributed by atoms with Crippen molar-refractivity contribution < 1.29 is 4.74 Å². The van der Waals surface area contributed by atoms with Gasteiger partial charge in [-0.15, -0.1) is 0 Å². The molecule has 1 heterocycles. The van der Waals surface area contributed by atoms with Gasteiger partial charge in [0.15, 0.2) is 0 Å². The second kappa shape index (κ2) is 4.10. The van der Waals surface area contributed by atoms with Gasteiger partial charge in [-0.05, 0) is 29.5 Å². The number of methoxy groups -OCH3 is 1. The monoisotopic (exact) mass is 270 g/mol. The molecule has 0 radical (unpaired) electrons. The Kier molecular flexibility index (Phi) is 2.61. The van der Waals surface area contributed by atoms with Gasteiger partial charge in [0.05, 0.1) is 18.5 Å². The van der Waals surface area contributed by atoms with Gasteiger partial charge in [-0.25, -0.2) is 9.97 Å². The Morgan fingerprint density at radius 1 is 1.20 bits per heavy atom. The number of benzene rings is 1. The highest BCUT2D eigenvalue weighted by Gasteiger charge is 2.35. The molecule has 0 bridgehead atoms. The quantitative estimate of drug-likeness (QED) is 0.775. The van der Waals surface area contributed by atoms with Crippen molar-refractivity contribution >= 4 is 11.5 Å². The predicted molar refractivity (Wildman–Crippen MR) is 79.6 cm³/mol. The van der Waals surface area contributed by atoms with Gasteiger partial charge in [0.25, 0.3) is 0 Å². The highest BCUT2D eigenvalue weighted by atomic mass is 16.5. The highest BCUT2D eigenvalue weighted by Crippen LogP contribution is 2.47. The first-order chi connectivity index (χ1) is 9.45. The van der Waals surface area contributed by atoms with Crippen molar-refractivity contribution in [2.24, 2.45) is 0 Å². The zero-order valence-electron chi connectivity index (χ0n) is 11.9. The first kappa shape index (κ1) is 12.7. The number of nitrogen functional groups attached to an aromatic ring is 2. The number of hydrogen-bond acceptors (Lipinski definition) is 5. The van der Waals surface area contributed by atoms with Crippen LogP contribution in [-0.2, 0) is 11.8 Å². The summed E-state index contributed by atoms with van der Waals surface area (Å²) >= 11 is 0. The lowest BCUT2D eigenvalue weighted by Crippen LogP contribution is -2.29. The van der Waals surface area contributed by atoms with Gasteiger partial charge in [0, 0.05) is 11.1 Å². The van der Waals surface area contributed by atoms with Crippen LogP contribution in [0.25, 0.3) is 11.3 Å². The zero-order valence-corrected chi connectivity index (χ0v) is 11.9. The fraction of sp³-hybridized carbons (Fsp3) is 0.333. The minimum atomic E-state index is -0.159. The summed E-state index contributed by atoms with van der Waals surface area (Å²) in [5, 5.41) is 0. The summed E-state index contributed by atoms with van der Waals surface area (Å²) < 4.78 is 5.31. The van der Waals surface area contributed by atoms with E-state index in [4.69, 9.17) is 16.2 Å². The molecule has 5 nitrogen and oxygen atoms in total. The summed E-state index contributed by atoms with van der Waals surface area (Å²) in [5.41, 5.74) is 16.8. The second-order valence-electron chi connectivity index (χ2n) is 5.75. The van der Waals surface area contributed by atoms with Gasteiger partial charge in [-0.1, -0.05) is 13.8 Å². The Balaban J connectivity index is 2.35. The molecule has 1 aliphatic rings. The highest BCUT2D eigenvalue weighted by molar-refractivity contribution is 5.81. The van der Waals surface area contributed by atoms with E-state index in [0.717, 1.165) is 28.8 Å². The predicted octanol–water partition coefficient (Wildman–Crippen LogP) is 2.15. The van der Waals surface area contributed by atoms with E-state index in [0.29, 0.717) is 17.3 Å². The van der Waals surface area contributed by atoms with Gasteiger partial charge in [-0.2, -0.15) is 0 Å². The van der Waals surface area contributed by atoms with Crippen molar-refractivity contribution in [3.63, 3.8) is 0 Å². The van der Waals surface area contributed by atoms with E-state index in [2.05, 4.69) is 23.8 Å². The maximum absolute atomic E-state index is 6.23. The molecule has 0 unspecified atom stereocenters. The fourth-order valence-corrected chi connectivity index (χ4v) is 3.03. The van der Waals surface area contributed by atoms with Crippen molar-refractivity contribution in [3.8, 4) is 17.0 Å². The Morgan fingerprint density at radius 2 is 1.95 bits per heavy atom. The number of nitrogens with two attached hydrogens (primary N) is 2. The molecular weight excluding hydrogens is 252 g/mol. The molecule has 0 aliphatic heterocycles. The van der Waals surface area contributed by atoms with Crippen LogP contribution in [-0.4, -0.2) is 17.1 Å². The van der Waals surface area contributed by atoms with Gasteiger partial charge in [-0.3, -0.25) is 0 Å². The molecule has 0 atom stereocenters. The molecule has 1 aromatic carbocycles. The van der Waals surface area contributed by atoms with Crippen LogP contribution >= 0.6 is 0 Å².